The summed E-state index contributed by atoms with van der Waals surface area (Å²) in [5.74, 6) is 1.33. The summed E-state index contributed by atoms with van der Waals surface area (Å²) in [7, 11) is 0. The fourth-order valence-electron chi connectivity index (χ4n) is 2.42. The van der Waals surface area contributed by atoms with Crippen LogP contribution in [-0.2, 0) is 0 Å². The minimum absolute atomic E-state index is 0.107. The second kappa shape index (κ2) is 5.85. The lowest BCUT2D eigenvalue weighted by molar-refractivity contribution is 0.0941. The van der Waals surface area contributed by atoms with E-state index in [1.807, 2.05) is 0 Å². The first-order chi connectivity index (χ1) is 8.65. The molecule has 2 rings (SSSR count). The highest BCUT2D eigenvalue weighted by Crippen LogP contribution is 2.27. The van der Waals surface area contributed by atoms with Crippen LogP contribution >= 0.6 is 0 Å². The summed E-state index contributed by atoms with van der Waals surface area (Å²) in [4.78, 5) is 25.2. The van der Waals surface area contributed by atoms with Crippen LogP contribution in [0.3, 0.4) is 0 Å². The number of H-pyrrole nitrogens is 1. The van der Waals surface area contributed by atoms with E-state index >= 15 is 0 Å². The van der Waals surface area contributed by atoms with Gasteiger partial charge in [0.15, 0.2) is 0 Å². The summed E-state index contributed by atoms with van der Waals surface area (Å²) >= 11 is 0. The molecule has 2 N–H and O–H groups in total. The van der Waals surface area contributed by atoms with Gasteiger partial charge in [-0.3, -0.25) is 9.59 Å². The zero-order valence-electron chi connectivity index (χ0n) is 10.7. The maximum Gasteiger partial charge on any atom is 0.252 e. The van der Waals surface area contributed by atoms with Crippen molar-refractivity contribution in [2.75, 3.05) is 6.54 Å². The Balaban J connectivity index is 1.81. The molecule has 1 aliphatic carbocycles. The average Bonchev–Trinajstić information content (AvgIpc) is 2.38. The van der Waals surface area contributed by atoms with Gasteiger partial charge in [0.05, 0.1) is 5.56 Å². The van der Waals surface area contributed by atoms with Crippen LogP contribution in [0.4, 0.5) is 0 Å². The summed E-state index contributed by atoms with van der Waals surface area (Å²) in [5.41, 5.74) is 0.326. The Bertz CT molecular complexity index is 439. The molecule has 4 heteroatoms. The predicted molar refractivity (Wildman–Crippen MR) is 70.5 cm³/mol. The van der Waals surface area contributed by atoms with Crippen LogP contribution < -0.4 is 10.9 Å². The molecule has 1 fully saturated rings. The highest BCUT2D eigenvalue weighted by molar-refractivity contribution is 5.93. The standard InChI is InChI=1S/C14H20N2O2/c1-10-2-4-11(5-3-10)8-16-14(18)12-6-7-13(17)15-9-12/h6-7,9-11H,2-5,8H2,1H3,(H,15,17)(H,16,18). The molecule has 0 bridgehead atoms. The van der Waals surface area contributed by atoms with Crippen LogP contribution in [0.1, 0.15) is 43.0 Å². The largest absolute Gasteiger partial charge is 0.352 e. The van der Waals surface area contributed by atoms with Crippen molar-refractivity contribution in [2.24, 2.45) is 11.8 Å². The lowest BCUT2D eigenvalue weighted by Gasteiger charge is -2.26. The average molecular weight is 248 g/mol. The van der Waals surface area contributed by atoms with Crippen LogP contribution in [0.15, 0.2) is 23.1 Å². The molecule has 0 aromatic carbocycles. The Hall–Kier alpha value is -1.58. The fraction of sp³-hybridized carbons (Fsp3) is 0.571. The lowest BCUT2D eigenvalue weighted by Crippen LogP contribution is -2.31. The topological polar surface area (TPSA) is 62.0 Å². The quantitative estimate of drug-likeness (QED) is 0.858. The van der Waals surface area contributed by atoms with E-state index in [0.717, 1.165) is 12.5 Å². The van der Waals surface area contributed by atoms with Crippen molar-refractivity contribution in [2.45, 2.75) is 32.6 Å². The van der Waals surface area contributed by atoms with Crippen molar-refractivity contribution < 1.29 is 4.79 Å². The minimum Gasteiger partial charge on any atom is -0.352 e. The first-order valence-electron chi connectivity index (χ1n) is 6.62. The molecular weight excluding hydrogens is 228 g/mol. The van der Waals surface area contributed by atoms with E-state index in [0.29, 0.717) is 11.5 Å². The minimum atomic E-state index is -0.187. The molecule has 0 radical (unpaired) electrons. The Morgan fingerprint density at radius 1 is 1.33 bits per heavy atom. The molecule has 1 aromatic heterocycles. The van der Waals surface area contributed by atoms with Crippen LogP contribution in [0.5, 0.6) is 0 Å². The molecule has 1 saturated carbocycles. The van der Waals surface area contributed by atoms with Crippen LogP contribution in [-0.4, -0.2) is 17.4 Å². The molecule has 0 atom stereocenters. The zero-order valence-corrected chi connectivity index (χ0v) is 10.7. The second-order valence-corrected chi connectivity index (χ2v) is 5.28. The van der Waals surface area contributed by atoms with E-state index in [2.05, 4.69) is 17.2 Å². The van der Waals surface area contributed by atoms with Gasteiger partial charge in [-0.25, -0.2) is 0 Å². The number of hydrogen-bond donors (Lipinski definition) is 2. The monoisotopic (exact) mass is 248 g/mol. The number of amides is 1. The number of aromatic amines is 1. The summed E-state index contributed by atoms with van der Waals surface area (Å²) in [6.45, 7) is 3.03. The third kappa shape index (κ3) is 3.45. The van der Waals surface area contributed by atoms with Crippen molar-refractivity contribution in [3.8, 4) is 0 Å². The Labute approximate surface area is 107 Å². The number of nitrogens with one attached hydrogen (secondary N) is 2. The lowest BCUT2D eigenvalue weighted by atomic mass is 9.83. The fourth-order valence-corrected chi connectivity index (χ4v) is 2.42. The van der Waals surface area contributed by atoms with E-state index < -0.39 is 0 Å². The van der Waals surface area contributed by atoms with Crippen LogP contribution in [0, 0.1) is 11.8 Å². The Morgan fingerprint density at radius 3 is 2.67 bits per heavy atom. The van der Waals surface area contributed by atoms with Gasteiger partial charge in [0, 0.05) is 18.8 Å². The second-order valence-electron chi connectivity index (χ2n) is 5.28. The van der Waals surface area contributed by atoms with Crippen molar-refractivity contribution in [1.29, 1.82) is 0 Å². The van der Waals surface area contributed by atoms with Gasteiger partial charge in [-0.05, 0) is 30.7 Å². The first kappa shape index (κ1) is 12.9. The summed E-state index contributed by atoms with van der Waals surface area (Å²) < 4.78 is 0. The number of carbonyl (C=O) groups excluding carboxylic acids is 1. The van der Waals surface area contributed by atoms with Gasteiger partial charge < -0.3 is 10.3 Å². The van der Waals surface area contributed by atoms with E-state index in [9.17, 15) is 9.59 Å². The van der Waals surface area contributed by atoms with Crippen LogP contribution in [0.2, 0.25) is 0 Å². The predicted octanol–water partition coefficient (Wildman–Crippen LogP) is 1.93. The zero-order chi connectivity index (χ0) is 13.0. The highest BCUT2D eigenvalue weighted by Gasteiger charge is 2.18. The Kier molecular flexibility index (Phi) is 4.18. The molecular formula is C14H20N2O2. The third-order valence-electron chi connectivity index (χ3n) is 3.73. The van der Waals surface area contributed by atoms with Gasteiger partial charge in [-0.15, -0.1) is 0 Å². The summed E-state index contributed by atoms with van der Waals surface area (Å²) in [6, 6.07) is 2.92. The summed E-state index contributed by atoms with van der Waals surface area (Å²) in [5, 5.41) is 2.94. The Morgan fingerprint density at radius 2 is 2.06 bits per heavy atom. The summed E-state index contributed by atoms with van der Waals surface area (Å²) in [6.07, 6.45) is 6.39. The molecule has 98 valence electrons. The van der Waals surface area contributed by atoms with Crippen molar-refractivity contribution in [3.63, 3.8) is 0 Å². The number of hydrogen-bond acceptors (Lipinski definition) is 2. The molecule has 1 aliphatic rings. The van der Waals surface area contributed by atoms with E-state index in [-0.39, 0.29) is 11.5 Å². The van der Waals surface area contributed by atoms with E-state index in [1.54, 1.807) is 6.07 Å². The molecule has 0 unspecified atom stereocenters. The first-order valence-corrected chi connectivity index (χ1v) is 6.62. The van der Waals surface area contributed by atoms with Crippen molar-refractivity contribution in [3.05, 3.63) is 34.2 Å². The van der Waals surface area contributed by atoms with Gasteiger partial charge in [-0.1, -0.05) is 19.8 Å². The molecule has 0 saturated heterocycles. The van der Waals surface area contributed by atoms with Gasteiger partial charge in [0.25, 0.3) is 5.91 Å². The van der Waals surface area contributed by atoms with Gasteiger partial charge >= 0.3 is 0 Å². The molecule has 0 aliphatic heterocycles. The number of aromatic nitrogens is 1. The molecule has 1 amide bonds. The number of carbonyl (C=O) groups is 1. The number of rotatable bonds is 3. The van der Waals surface area contributed by atoms with E-state index in [4.69, 9.17) is 0 Å². The van der Waals surface area contributed by atoms with Gasteiger partial charge in [0.1, 0.15) is 0 Å². The van der Waals surface area contributed by atoms with Crippen LogP contribution in [0.25, 0.3) is 0 Å². The van der Waals surface area contributed by atoms with Crippen molar-refractivity contribution >= 4 is 5.91 Å². The van der Waals surface area contributed by atoms with Crippen molar-refractivity contribution in [1.82, 2.24) is 10.3 Å². The molecule has 1 heterocycles. The maximum absolute atomic E-state index is 11.8. The SMILES string of the molecule is CC1CCC(CNC(=O)c2ccc(=O)[nH]c2)CC1. The normalized spacial score (nSPS) is 23.6. The van der Waals surface area contributed by atoms with Gasteiger partial charge in [0.2, 0.25) is 5.56 Å². The molecule has 4 nitrogen and oxygen atoms in total. The smallest absolute Gasteiger partial charge is 0.252 e. The molecule has 0 spiro atoms. The highest BCUT2D eigenvalue weighted by atomic mass is 16.1. The third-order valence-corrected chi connectivity index (χ3v) is 3.73. The maximum atomic E-state index is 11.8. The number of pyridine rings is 1. The van der Waals surface area contributed by atoms with Gasteiger partial charge in [-0.2, -0.15) is 0 Å². The van der Waals surface area contributed by atoms with E-state index in [1.165, 1.54) is 37.9 Å². The molecule has 18 heavy (non-hydrogen) atoms. The molecule has 1 aromatic rings.